The summed E-state index contributed by atoms with van der Waals surface area (Å²) in [7, 11) is 0. The maximum Gasteiger partial charge on any atom is 0.330 e. The summed E-state index contributed by atoms with van der Waals surface area (Å²) in [5.41, 5.74) is 0.135. The van der Waals surface area contributed by atoms with Crippen LogP contribution in [0.15, 0.2) is 28.7 Å². The minimum Gasteiger partial charge on any atom is -0.464 e. The molecule has 0 aromatic heterocycles. The third-order valence-corrected chi connectivity index (χ3v) is 4.64. The first-order valence-corrected chi connectivity index (χ1v) is 8.07. The minimum absolute atomic E-state index is 0.209. The highest BCUT2D eigenvalue weighted by molar-refractivity contribution is 9.10. The van der Waals surface area contributed by atoms with Gasteiger partial charge in [0, 0.05) is 10.5 Å². The molecule has 0 amide bonds. The van der Waals surface area contributed by atoms with Crippen molar-refractivity contribution >= 4 is 21.9 Å². The zero-order valence-corrected chi connectivity index (χ0v) is 13.7. The van der Waals surface area contributed by atoms with Crippen LogP contribution < -0.4 is 5.32 Å². The van der Waals surface area contributed by atoms with E-state index in [1.165, 1.54) is 12.8 Å². The Bertz CT molecular complexity index is 471. The molecule has 2 rings (SSSR count). The fourth-order valence-electron chi connectivity index (χ4n) is 2.87. The number of carbonyl (C=O) groups is 1. The van der Waals surface area contributed by atoms with E-state index in [2.05, 4.69) is 21.2 Å². The molecule has 4 heteroatoms. The van der Waals surface area contributed by atoms with Crippen molar-refractivity contribution < 1.29 is 9.53 Å². The molecule has 1 fully saturated rings. The first-order valence-electron chi connectivity index (χ1n) is 7.28. The number of hydrogen-bond donors (Lipinski definition) is 1. The van der Waals surface area contributed by atoms with Crippen LogP contribution in [-0.2, 0) is 15.1 Å². The molecular formula is C16H22BrNO2. The number of esters is 1. The molecule has 0 radical (unpaired) electrons. The largest absolute Gasteiger partial charge is 0.464 e. The molecule has 1 aromatic carbocycles. The van der Waals surface area contributed by atoms with Crippen molar-refractivity contribution in [3.8, 4) is 0 Å². The summed E-state index contributed by atoms with van der Waals surface area (Å²) >= 11 is 3.55. The normalized spacial score (nSPS) is 18.8. The van der Waals surface area contributed by atoms with Gasteiger partial charge in [0.25, 0.3) is 0 Å². The van der Waals surface area contributed by atoms with Crippen LogP contribution in [0.1, 0.15) is 45.1 Å². The summed E-state index contributed by atoms with van der Waals surface area (Å²) in [4.78, 5) is 12.5. The number of rotatable bonds is 5. The highest BCUT2D eigenvalue weighted by Crippen LogP contribution is 2.32. The van der Waals surface area contributed by atoms with Crippen molar-refractivity contribution in [3.63, 3.8) is 0 Å². The molecule has 1 aromatic rings. The molecule has 1 aliphatic rings. The number of benzene rings is 1. The van der Waals surface area contributed by atoms with Crippen molar-refractivity contribution in [3.05, 3.63) is 34.3 Å². The molecule has 1 unspecified atom stereocenters. The lowest BCUT2D eigenvalue weighted by atomic mass is 9.90. The Balaban J connectivity index is 2.32. The van der Waals surface area contributed by atoms with Crippen LogP contribution in [0.5, 0.6) is 0 Å². The molecule has 1 N–H and O–H groups in total. The number of halogens is 1. The standard InChI is InChI=1S/C16H22BrNO2/c1-3-20-15(19)16(2,18-12-8-4-5-9-12)13-10-6-7-11-14(13)17/h6-7,10-12,18H,3-5,8-9H2,1-2H3. The first kappa shape index (κ1) is 15.5. The first-order chi connectivity index (χ1) is 9.58. The monoisotopic (exact) mass is 339 g/mol. The Hall–Kier alpha value is -0.870. The summed E-state index contributed by atoms with van der Waals surface area (Å²) in [5.74, 6) is -0.209. The quantitative estimate of drug-likeness (QED) is 0.830. The molecule has 20 heavy (non-hydrogen) atoms. The molecule has 0 saturated heterocycles. The van der Waals surface area contributed by atoms with Crippen LogP contribution in [0.3, 0.4) is 0 Å². The van der Waals surface area contributed by atoms with Gasteiger partial charge in [0.15, 0.2) is 0 Å². The third kappa shape index (κ3) is 3.23. The highest BCUT2D eigenvalue weighted by atomic mass is 79.9. The van der Waals surface area contributed by atoms with Crippen LogP contribution >= 0.6 is 15.9 Å². The number of ether oxygens (including phenoxy) is 1. The Morgan fingerprint density at radius 2 is 2.05 bits per heavy atom. The fourth-order valence-corrected chi connectivity index (χ4v) is 3.55. The SMILES string of the molecule is CCOC(=O)C(C)(NC1CCCC1)c1ccccc1Br. The zero-order valence-electron chi connectivity index (χ0n) is 12.1. The highest BCUT2D eigenvalue weighted by Gasteiger charge is 2.40. The molecular weight excluding hydrogens is 318 g/mol. The summed E-state index contributed by atoms with van der Waals surface area (Å²) < 4.78 is 6.24. The van der Waals surface area contributed by atoms with E-state index in [4.69, 9.17) is 4.74 Å². The summed E-state index contributed by atoms with van der Waals surface area (Å²) in [5, 5.41) is 3.53. The average Bonchev–Trinajstić information content (AvgIpc) is 2.92. The van der Waals surface area contributed by atoms with Gasteiger partial charge in [-0.1, -0.05) is 47.0 Å². The third-order valence-electron chi connectivity index (χ3n) is 3.94. The minimum atomic E-state index is -0.800. The smallest absolute Gasteiger partial charge is 0.330 e. The molecule has 1 atom stereocenters. The van der Waals surface area contributed by atoms with E-state index in [9.17, 15) is 4.79 Å². The van der Waals surface area contributed by atoms with Gasteiger partial charge in [0.1, 0.15) is 5.54 Å². The van der Waals surface area contributed by atoms with Gasteiger partial charge >= 0.3 is 5.97 Å². The lowest BCUT2D eigenvalue weighted by molar-refractivity contribution is -0.151. The van der Waals surface area contributed by atoms with Gasteiger partial charge < -0.3 is 4.74 Å². The summed E-state index contributed by atoms with van der Waals surface area (Å²) in [6.07, 6.45) is 4.71. The van der Waals surface area contributed by atoms with Crippen molar-refractivity contribution in [2.75, 3.05) is 6.61 Å². The Kier molecular flexibility index (Phi) is 5.22. The molecule has 0 spiro atoms. The average molecular weight is 340 g/mol. The zero-order chi connectivity index (χ0) is 14.6. The number of nitrogens with one attached hydrogen (secondary N) is 1. The van der Waals surface area contributed by atoms with Crippen molar-refractivity contribution in [2.24, 2.45) is 0 Å². The second-order valence-electron chi connectivity index (χ2n) is 5.45. The van der Waals surface area contributed by atoms with E-state index in [1.807, 2.05) is 38.1 Å². The van der Waals surface area contributed by atoms with Crippen LogP contribution in [0.25, 0.3) is 0 Å². The van der Waals surface area contributed by atoms with Crippen molar-refractivity contribution in [2.45, 2.75) is 51.1 Å². The van der Waals surface area contributed by atoms with Gasteiger partial charge in [-0.2, -0.15) is 0 Å². The molecule has 1 saturated carbocycles. The van der Waals surface area contributed by atoms with E-state index in [1.54, 1.807) is 0 Å². The Labute approximate surface area is 129 Å². The molecule has 0 aliphatic heterocycles. The van der Waals surface area contributed by atoms with Crippen molar-refractivity contribution in [1.29, 1.82) is 0 Å². The molecule has 110 valence electrons. The summed E-state index contributed by atoms with van der Waals surface area (Å²) in [6, 6.07) is 8.23. The Morgan fingerprint density at radius 3 is 2.65 bits per heavy atom. The second kappa shape index (κ2) is 6.72. The van der Waals surface area contributed by atoms with Gasteiger partial charge in [0.05, 0.1) is 6.61 Å². The van der Waals surface area contributed by atoms with Gasteiger partial charge in [-0.05, 0) is 38.3 Å². The topological polar surface area (TPSA) is 38.3 Å². The van der Waals surface area contributed by atoms with Crippen LogP contribution in [0.4, 0.5) is 0 Å². The fraction of sp³-hybridized carbons (Fsp3) is 0.562. The summed E-state index contributed by atoms with van der Waals surface area (Å²) in [6.45, 7) is 4.16. The van der Waals surface area contributed by atoms with Crippen LogP contribution in [0, 0.1) is 0 Å². The van der Waals surface area contributed by atoms with Gasteiger partial charge in [-0.3, -0.25) is 5.32 Å². The van der Waals surface area contributed by atoms with Crippen LogP contribution in [-0.4, -0.2) is 18.6 Å². The second-order valence-corrected chi connectivity index (χ2v) is 6.31. The van der Waals surface area contributed by atoms with E-state index in [-0.39, 0.29) is 5.97 Å². The maximum atomic E-state index is 12.5. The van der Waals surface area contributed by atoms with E-state index in [0.717, 1.165) is 22.9 Å². The molecule has 0 bridgehead atoms. The number of hydrogen-bond acceptors (Lipinski definition) is 3. The Morgan fingerprint density at radius 1 is 1.40 bits per heavy atom. The predicted octanol–water partition coefficient (Wildman–Crippen LogP) is 3.76. The van der Waals surface area contributed by atoms with Crippen molar-refractivity contribution in [1.82, 2.24) is 5.32 Å². The van der Waals surface area contributed by atoms with E-state index in [0.29, 0.717) is 12.6 Å². The van der Waals surface area contributed by atoms with Gasteiger partial charge in [0.2, 0.25) is 0 Å². The maximum absolute atomic E-state index is 12.5. The number of carbonyl (C=O) groups excluding carboxylic acids is 1. The molecule has 3 nitrogen and oxygen atoms in total. The van der Waals surface area contributed by atoms with Gasteiger partial charge in [-0.15, -0.1) is 0 Å². The van der Waals surface area contributed by atoms with Crippen LogP contribution in [0.2, 0.25) is 0 Å². The van der Waals surface area contributed by atoms with E-state index >= 15 is 0 Å². The lowest BCUT2D eigenvalue weighted by Gasteiger charge is -2.33. The lowest BCUT2D eigenvalue weighted by Crippen LogP contribution is -2.51. The molecule has 0 heterocycles. The predicted molar refractivity (Wildman–Crippen MR) is 83.5 cm³/mol. The molecule has 1 aliphatic carbocycles. The van der Waals surface area contributed by atoms with E-state index < -0.39 is 5.54 Å². The van der Waals surface area contributed by atoms with Gasteiger partial charge in [-0.25, -0.2) is 4.79 Å².